The highest BCUT2D eigenvalue weighted by Crippen LogP contribution is 2.23. The minimum Gasteiger partial charge on any atom is -0.478 e. The van der Waals surface area contributed by atoms with Crippen molar-refractivity contribution in [1.29, 1.82) is 0 Å². The Bertz CT molecular complexity index is 396. The summed E-state index contributed by atoms with van der Waals surface area (Å²) in [6, 6.07) is 2.48. The summed E-state index contributed by atoms with van der Waals surface area (Å²) in [5, 5.41) is 11.7. The van der Waals surface area contributed by atoms with Crippen molar-refractivity contribution < 1.29 is 14.3 Å². The van der Waals surface area contributed by atoms with Crippen molar-refractivity contribution >= 4 is 24.3 Å². The van der Waals surface area contributed by atoms with Crippen LogP contribution in [0.3, 0.4) is 0 Å². The largest absolute Gasteiger partial charge is 0.478 e. The van der Waals surface area contributed by atoms with Crippen LogP contribution in [0.4, 0.5) is 10.1 Å². The van der Waals surface area contributed by atoms with Crippen molar-refractivity contribution in [1.82, 2.24) is 0 Å². The number of rotatable bonds is 5. The van der Waals surface area contributed by atoms with E-state index >= 15 is 0 Å². The number of hydrogen-bond acceptors (Lipinski definition) is 3. The van der Waals surface area contributed by atoms with Crippen LogP contribution in [0.1, 0.15) is 30.1 Å². The van der Waals surface area contributed by atoms with E-state index in [1.165, 1.54) is 12.1 Å². The summed E-state index contributed by atoms with van der Waals surface area (Å²) in [6.45, 7) is 2.64. The second kappa shape index (κ2) is 5.75. The fourth-order valence-corrected chi connectivity index (χ4v) is 1.52. The molecule has 0 aliphatic heterocycles. The number of unbranched alkanes of at least 4 members (excludes halogenated alkanes) is 1. The van der Waals surface area contributed by atoms with Gasteiger partial charge in [-0.25, -0.2) is 9.18 Å². The van der Waals surface area contributed by atoms with Crippen molar-refractivity contribution in [3.63, 3.8) is 0 Å². The molecule has 1 aromatic rings. The summed E-state index contributed by atoms with van der Waals surface area (Å²) in [5.41, 5.74) is 0.226. The smallest absolute Gasteiger partial charge is 0.335 e. The van der Waals surface area contributed by atoms with Gasteiger partial charge in [0.2, 0.25) is 0 Å². The molecule has 0 saturated carbocycles. The molecular weight excluding hydrogens is 229 g/mol. The summed E-state index contributed by atoms with van der Waals surface area (Å²) in [5.74, 6) is -1.60. The van der Waals surface area contributed by atoms with Crippen LogP contribution in [0, 0.1) is 5.82 Å². The highest BCUT2D eigenvalue weighted by molar-refractivity contribution is 7.80. The Hall–Kier alpha value is -1.23. The number of halogens is 1. The first kappa shape index (κ1) is 12.8. The van der Waals surface area contributed by atoms with Gasteiger partial charge in [0.25, 0.3) is 0 Å². The van der Waals surface area contributed by atoms with E-state index in [0.717, 1.165) is 12.8 Å². The quantitative estimate of drug-likeness (QED) is 0.550. The molecule has 0 unspecified atom stereocenters. The molecule has 0 atom stereocenters. The molecule has 3 nitrogen and oxygen atoms in total. The fourth-order valence-electron chi connectivity index (χ4n) is 1.26. The van der Waals surface area contributed by atoms with E-state index in [4.69, 9.17) is 5.11 Å². The highest BCUT2D eigenvalue weighted by atomic mass is 32.1. The molecule has 0 amide bonds. The SMILES string of the molecule is CCCCNc1cc(C(=O)O)cc(S)c1F. The first-order chi connectivity index (χ1) is 7.56. The maximum atomic E-state index is 13.5. The lowest BCUT2D eigenvalue weighted by atomic mass is 10.2. The van der Waals surface area contributed by atoms with E-state index < -0.39 is 11.8 Å². The molecule has 0 spiro atoms. The Morgan fingerprint density at radius 1 is 1.56 bits per heavy atom. The summed E-state index contributed by atoms with van der Waals surface area (Å²) >= 11 is 3.90. The van der Waals surface area contributed by atoms with Crippen LogP contribution in [-0.4, -0.2) is 17.6 Å². The Morgan fingerprint density at radius 3 is 2.81 bits per heavy atom. The Balaban J connectivity index is 2.93. The normalized spacial score (nSPS) is 10.2. The number of carboxylic acids is 1. The molecule has 0 aromatic heterocycles. The van der Waals surface area contributed by atoms with Gasteiger partial charge < -0.3 is 10.4 Å². The third kappa shape index (κ3) is 3.13. The summed E-state index contributed by atoms with van der Waals surface area (Å²) in [6.07, 6.45) is 1.89. The van der Waals surface area contributed by atoms with E-state index in [1.54, 1.807) is 0 Å². The van der Waals surface area contributed by atoms with Gasteiger partial charge in [0.15, 0.2) is 5.82 Å². The van der Waals surface area contributed by atoms with Crippen molar-refractivity contribution in [2.75, 3.05) is 11.9 Å². The molecule has 1 rings (SSSR count). The zero-order valence-electron chi connectivity index (χ0n) is 8.96. The third-order valence-electron chi connectivity index (χ3n) is 2.15. The van der Waals surface area contributed by atoms with Gasteiger partial charge >= 0.3 is 5.97 Å². The van der Waals surface area contributed by atoms with Crippen molar-refractivity contribution in [3.8, 4) is 0 Å². The topological polar surface area (TPSA) is 49.3 Å². The molecule has 5 heteroatoms. The number of carboxylic acid groups (broad SMARTS) is 1. The molecule has 0 radical (unpaired) electrons. The number of carbonyl (C=O) groups is 1. The summed E-state index contributed by atoms with van der Waals surface area (Å²) < 4.78 is 13.5. The molecule has 1 aromatic carbocycles. The van der Waals surface area contributed by atoms with Crippen molar-refractivity contribution in [3.05, 3.63) is 23.5 Å². The van der Waals surface area contributed by atoms with Gasteiger partial charge in [-0.1, -0.05) is 13.3 Å². The minimum atomic E-state index is -1.09. The van der Waals surface area contributed by atoms with E-state index in [1.807, 2.05) is 6.92 Å². The summed E-state index contributed by atoms with van der Waals surface area (Å²) in [7, 11) is 0. The second-order valence-electron chi connectivity index (χ2n) is 3.44. The molecular formula is C11H14FNO2S. The summed E-state index contributed by atoms with van der Waals surface area (Å²) in [4.78, 5) is 10.8. The van der Waals surface area contributed by atoms with E-state index in [9.17, 15) is 9.18 Å². The molecule has 88 valence electrons. The van der Waals surface area contributed by atoms with Crippen LogP contribution in [0.2, 0.25) is 0 Å². The van der Waals surface area contributed by atoms with Crippen LogP contribution in [0.5, 0.6) is 0 Å². The van der Waals surface area contributed by atoms with Crippen molar-refractivity contribution in [2.24, 2.45) is 0 Å². The van der Waals surface area contributed by atoms with Crippen LogP contribution >= 0.6 is 12.6 Å². The standard InChI is InChI=1S/C11H14FNO2S/c1-2-3-4-13-8-5-7(11(14)15)6-9(16)10(8)12/h5-6,13,16H,2-4H2,1H3,(H,14,15). The predicted molar refractivity (Wildman–Crippen MR) is 64.0 cm³/mol. The number of benzene rings is 1. The lowest BCUT2D eigenvalue weighted by molar-refractivity contribution is 0.0696. The van der Waals surface area contributed by atoms with Crippen LogP contribution in [0.15, 0.2) is 17.0 Å². The van der Waals surface area contributed by atoms with Crippen LogP contribution in [0.25, 0.3) is 0 Å². The molecule has 0 saturated heterocycles. The molecule has 2 N–H and O–H groups in total. The highest BCUT2D eigenvalue weighted by Gasteiger charge is 2.11. The fraction of sp³-hybridized carbons (Fsp3) is 0.364. The average molecular weight is 243 g/mol. The molecule has 0 fully saturated rings. The maximum absolute atomic E-state index is 13.5. The average Bonchev–Trinajstić information content (AvgIpc) is 2.24. The van der Waals surface area contributed by atoms with Gasteiger partial charge in [-0.2, -0.15) is 0 Å². The molecule has 0 bridgehead atoms. The Labute approximate surface area is 99.1 Å². The first-order valence-electron chi connectivity index (χ1n) is 5.06. The zero-order chi connectivity index (χ0) is 12.1. The monoisotopic (exact) mass is 243 g/mol. The molecule has 16 heavy (non-hydrogen) atoms. The Kier molecular flexibility index (Phi) is 4.61. The lowest BCUT2D eigenvalue weighted by Crippen LogP contribution is -2.06. The van der Waals surface area contributed by atoms with Crippen molar-refractivity contribution in [2.45, 2.75) is 24.7 Å². The number of anilines is 1. The van der Waals surface area contributed by atoms with Gasteiger partial charge in [-0.05, 0) is 18.6 Å². The third-order valence-corrected chi connectivity index (χ3v) is 2.47. The van der Waals surface area contributed by atoms with Gasteiger partial charge in [0.05, 0.1) is 11.3 Å². The van der Waals surface area contributed by atoms with Gasteiger partial charge in [0.1, 0.15) is 0 Å². The number of thiol groups is 1. The van der Waals surface area contributed by atoms with Gasteiger partial charge in [0, 0.05) is 11.4 Å². The van der Waals surface area contributed by atoms with E-state index in [2.05, 4.69) is 17.9 Å². The zero-order valence-corrected chi connectivity index (χ0v) is 9.85. The number of nitrogens with one attached hydrogen (secondary N) is 1. The number of hydrogen-bond donors (Lipinski definition) is 3. The van der Waals surface area contributed by atoms with Gasteiger partial charge in [-0.15, -0.1) is 12.6 Å². The van der Waals surface area contributed by atoms with Crippen LogP contribution < -0.4 is 5.32 Å². The maximum Gasteiger partial charge on any atom is 0.335 e. The van der Waals surface area contributed by atoms with Gasteiger partial charge in [-0.3, -0.25) is 0 Å². The minimum absolute atomic E-state index is 0.0328. The van der Waals surface area contributed by atoms with E-state index in [0.29, 0.717) is 6.54 Å². The molecule has 0 heterocycles. The lowest BCUT2D eigenvalue weighted by Gasteiger charge is -2.09. The Morgan fingerprint density at radius 2 is 2.25 bits per heavy atom. The van der Waals surface area contributed by atoms with Crippen LogP contribution in [-0.2, 0) is 0 Å². The molecule has 0 aliphatic rings. The predicted octanol–water partition coefficient (Wildman–Crippen LogP) is 3.02. The first-order valence-corrected chi connectivity index (χ1v) is 5.50. The van der Waals surface area contributed by atoms with E-state index in [-0.39, 0.29) is 16.1 Å². The second-order valence-corrected chi connectivity index (χ2v) is 3.92. The molecule has 0 aliphatic carbocycles. The number of aromatic carboxylic acids is 1.